The molecule has 0 aliphatic heterocycles. The van der Waals surface area contributed by atoms with Gasteiger partial charge in [0.2, 0.25) is 15.9 Å². The molecular formula is C14H14N4O5S. The number of H-pyrrole nitrogens is 1. The molecule has 3 rings (SSSR count). The Morgan fingerprint density at radius 2 is 2.04 bits per heavy atom. The zero-order chi connectivity index (χ0) is 17.5. The third-order valence-electron chi connectivity index (χ3n) is 3.43. The molecule has 2 heterocycles. The van der Waals surface area contributed by atoms with E-state index in [1.54, 1.807) is 12.1 Å². The minimum Gasteiger partial charge on any atom is -0.481 e. The normalized spacial score (nSPS) is 11.6. The van der Waals surface area contributed by atoms with E-state index in [0.29, 0.717) is 21.8 Å². The minimum atomic E-state index is -3.85. The van der Waals surface area contributed by atoms with Crippen LogP contribution in [0.1, 0.15) is 0 Å². The molecule has 0 radical (unpaired) electrons. The smallest absolute Gasteiger partial charge is 0.413 e. The van der Waals surface area contributed by atoms with Crippen LogP contribution in [-0.2, 0) is 10.0 Å². The summed E-state index contributed by atoms with van der Waals surface area (Å²) in [6.07, 6.45) is -0.694. The number of methoxy groups -OCH3 is 1. The molecular weight excluding hydrogens is 336 g/mol. The van der Waals surface area contributed by atoms with Crippen molar-refractivity contribution in [1.82, 2.24) is 15.3 Å². The molecule has 3 aromatic rings. The zero-order valence-corrected chi connectivity index (χ0v) is 13.6. The number of aromatic amines is 1. The third-order valence-corrected chi connectivity index (χ3v) is 4.35. The quantitative estimate of drug-likeness (QED) is 0.647. The van der Waals surface area contributed by atoms with E-state index in [0.717, 1.165) is 0 Å². The number of carbonyl (C=O) groups excluding carboxylic acids is 1. The number of hydrogen-bond acceptors (Lipinski definition) is 6. The van der Waals surface area contributed by atoms with Crippen molar-refractivity contribution in [2.75, 3.05) is 14.2 Å². The van der Waals surface area contributed by atoms with Gasteiger partial charge in [-0.1, -0.05) is 0 Å². The molecule has 0 aliphatic rings. The highest BCUT2D eigenvalue weighted by Crippen LogP contribution is 2.34. The first kappa shape index (κ1) is 16.0. The van der Waals surface area contributed by atoms with Crippen LogP contribution < -0.4 is 19.9 Å². The standard InChI is InChI=1S/C14H14N4O5S/c1-16-14(19)23-13-12-9(6-11(18-13)22-2)8-5-7(24(15,20)21)3-4-10(8)17-12/h3-6,17H,1-2H3,(H,16,19)(H2,15,20,21). The Labute approximate surface area is 136 Å². The minimum absolute atomic E-state index is 0.0112. The summed E-state index contributed by atoms with van der Waals surface area (Å²) in [5.74, 6) is 0.223. The van der Waals surface area contributed by atoms with Crippen molar-refractivity contribution in [2.24, 2.45) is 5.14 Å². The van der Waals surface area contributed by atoms with Crippen LogP contribution in [0.15, 0.2) is 29.2 Å². The van der Waals surface area contributed by atoms with Gasteiger partial charge in [-0.15, -0.1) is 0 Å². The fourth-order valence-electron chi connectivity index (χ4n) is 2.32. The first-order chi connectivity index (χ1) is 11.3. The number of benzene rings is 1. The molecule has 10 heteroatoms. The average molecular weight is 350 g/mol. The van der Waals surface area contributed by atoms with Crippen LogP contribution in [0.4, 0.5) is 4.79 Å². The number of nitrogens with two attached hydrogens (primary N) is 1. The van der Waals surface area contributed by atoms with Gasteiger partial charge in [0.25, 0.3) is 5.88 Å². The van der Waals surface area contributed by atoms with Crippen molar-refractivity contribution in [3.63, 3.8) is 0 Å². The first-order valence-electron chi connectivity index (χ1n) is 6.76. The van der Waals surface area contributed by atoms with Crippen LogP contribution in [0.5, 0.6) is 11.8 Å². The second-order valence-corrected chi connectivity index (χ2v) is 6.47. The number of sulfonamides is 1. The maximum atomic E-state index is 11.6. The summed E-state index contributed by atoms with van der Waals surface area (Å²) >= 11 is 0. The number of pyridine rings is 1. The molecule has 0 unspecified atom stereocenters. The number of amides is 1. The van der Waals surface area contributed by atoms with Crippen molar-refractivity contribution < 1.29 is 22.7 Å². The summed E-state index contributed by atoms with van der Waals surface area (Å²) in [6.45, 7) is 0. The Morgan fingerprint density at radius 1 is 1.29 bits per heavy atom. The number of carbonyl (C=O) groups is 1. The predicted octanol–water partition coefficient (Wildman–Crippen LogP) is 1.09. The molecule has 1 aromatic carbocycles. The highest BCUT2D eigenvalue weighted by molar-refractivity contribution is 7.89. The van der Waals surface area contributed by atoms with Crippen molar-refractivity contribution >= 4 is 37.9 Å². The number of fused-ring (bicyclic) bond motifs is 3. The summed E-state index contributed by atoms with van der Waals surface area (Å²) in [6, 6.07) is 6.01. The van der Waals surface area contributed by atoms with E-state index in [-0.39, 0.29) is 16.7 Å². The molecule has 126 valence electrons. The van der Waals surface area contributed by atoms with E-state index >= 15 is 0 Å². The van der Waals surface area contributed by atoms with Crippen molar-refractivity contribution in [1.29, 1.82) is 0 Å². The molecule has 0 saturated carbocycles. The highest BCUT2D eigenvalue weighted by atomic mass is 32.2. The van der Waals surface area contributed by atoms with Crippen LogP contribution in [0.25, 0.3) is 21.8 Å². The monoisotopic (exact) mass is 350 g/mol. The molecule has 0 fully saturated rings. The van der Waals surface area contributed by atoms with Gasteiger partial charge in [0, 0.05) is 29.4 Å². The Morgan fingerprint density at radius 3 is 2.67 bits per heavy atom. The second kappa shape index (κ2) is 5.65. The van der Waals surface area contributed by atoms with Crippen LogP contribution in [0.3, 0.4) is 0 Å². The molecule has 4 N–H and O–H groups in total. The summed E-state index contributed by atoms with van der Waals surface area (Å²) in [4.78, 5) is 18.6. The topological polar surface area (TPSA) is 136 Å². The fraction of sp³-hybridized carbons (Fsp3) is 0.143. The largest absolute Gasteiger partial charge is 0.481 e. The molecule has 2 aromatic heterocycles. The number of nitrogens with zero attached hydrogens (tertiary/aromatic N) is 1. The lowest BCUT2D eigenvalue weighted by molar-refractivity contribution is 0.201. The van der Waals surface area contributed by atoms with Gasteiger partial charge >= 0.3 is 6.09 Å². The van der Waals surface area contributed by atoms with E-state index in [4.69, 9.17) is 14.6 Å². The van der Waals surface area contributed by atoms with E-state index < -0.39 is 16.1 Å². The fourth-order valence-corrected chi connectivity index (χ4v) is 2.86. The Kier molecular flexibility index (Phi) is 3.78. The summed E-state index contributed by atoms with van der Waals surface area (Å²) in [5.41, 5.74) is 1.06. The van der Waals surface area contributed by atoms with Crippen molar-refractivity contribution in [3.05, 3.63) is 24.3 Å². The van der Waals surface area contributed by atoms with Crippen LogP contribution >= 0.6 is 0 Å². The Balaban J connectivity index is 2.32. The molecule has 0 atom stereocenters. The van der Waals surface area contributed by atoms with E-state index in [2.05, 4.69) is 15.3 Å². The van der Waals surface area contributed by atoms with Gasteiger partial charge in [0.05, 0.1) is 12.0 Å². The number of hydrogen-bond donors (Lipinski definition) is 3. The lowest BCUT2D eigenvalue weighted by Gasteiger charge is -2.06. The zero-order valence-electron chi connectivity index (χ0n) is 12.8. The Bertz CT molecular complexity index is 1060. The summed E-state index contributed by atoms with van der Waals surface area (Å²) in [5, 5.41) is 8.67. The molecule has 0 bridgehead atoms. The van der Waals surface area contributed by atoms with E-state index in [1.165, 1.54) is 26.3 Å². The van der Waals surface area contributed by atoms with Gasteiger partial charge < -0.3 is 19.8 Å². The van der Waals surface area contributed by atoms with E-state index in [1.807, 2.05) is 0 Å². The first-order valence-corrected chi connectivity index (χ1v) is 8.31. The van der Waals surface area contributed by atoms with Crippen LogP contribution in [0.2, 0.25) is 0 Å². The summed E-state index contributed by atoms with van der Waals surface area (Å²) < 4.78 is 33.4. The lowest BCUT2D eigenvalue weighted by Crippen LogP contribution is -2.22. The maximum absolute atomic E-state index is 11.6. The van der Waals surface area contributed by atoms with Gasteiger partial charge in [-0.2, -0.15) is 4.98 Å². The lowest BCUT2D eigenvalue weighted by atomic mass is 10.2. The molecule has 0 aliphatic carbocycles. The van der Waals surface area contributed by atoms with Gasteiger partial charge in [-0.25, -0.2) is 18.4 Å². The second-order valence-electron chi connectivity index (χ2n) is 4.91. The Hall–Kier alpha value is -2.85. The number of rotatable bonds is 3. The maximum Gasteiger partial charge on any atom is 0.413 e. The molecule has 0 saturated heterocycles. The van der Waals surface area contributed by atoms with Gasteiger partial charge in [0.15, 0.2) is 0 Å². The van der Waals surface area contributed by atoms with Crippen molar-refractivity contribution in [2.45, 2.75) is 4.90 Å². The predicted molar refractivity (Wildman–Crippen MR) is 86.6 cm³/mol. The molecule has 9 nitrogen and oxygen atoms in total. The van der Waals surface area contributed by atoms with Crippen LogP contribution in [-0.4, -0.2) is 38.6 Å². The summed E-state index contributed by atoms with van der Waals surface area (Å²) in [7, 11) is -1.01. The molecule has 24 heavy (non-hydrogen) atoms. The van der Waals surface area contributed by atoms with Crippen molar-refractivity contribution in [3.8, 4) is 11.8 Å². The molecule has 1 amide bonds. The molecule has 0 spiro atoms. The number of primary sulfonamides is 1. The SMILES string of the molecule is CNC(=O)Oc1nc(OC)cc2c1[nH]c1ccc(S(N)(=O)=O)cc12. The van der Waals surface area contributed by atoms with Gasteiger partial charge in [-0.05, 0) is 18.2 Å². The van der Waals surface area contributed by atoms with E-state index in [9.17, 15) is 13.2 Å². The highest BCUT2D eigenvalue weighted by Gasteiger charge is 2.17. The number of aromatic nitrogens is 2. The van der Waals surface area contributed by atoms with Gasteiger partial charge in [0.1, 0.15) is 5.52 Å². The number of nitrogens with one attached hydrogen (secondary N) is 2. The van der Waals surface area contributed by atoms with Gasteiger partial charge in [-0.3, -0.25) is 0 Å². The average Bonchev–Trinajstić information content (AvgIpc) is 2.92. The number of ether oxygens (including phenoxy) is 2. The van der Waals surface area contributed by atoms with Crippen LogP contribution in [0, 0.1) is 0 Å². The third kappa shape index (κ3) is 2.72.